The van der Waals surface area contributed by atoms with Crippen LogP contribution in [0, 0.1) is 0 Å². The van der Waals surface area contributed by atoms with Crippen molar-refractivity contribution < 1.29 is 37.3 Å². The number of allylic oxidation sites excluding steroid dienone is 6. The number of likely N-dealkylation sites (N-methyl/N-ethyl adjacent to an activating group) is 1. The third kappa shape index (κ3) is 55.5. The van der Waals surface area contributed by atoms with Gasteiger partial charge in [-0.1, -0.05) is 230 Å². The monoisotopic (exact) mass is 967 g/mol. The number of esters is 1. The maximum atomic E-state index is 12.8. The van der Waals surface area contributed by atoms with Gasteiger partial charge in [0.15, 0.2) is 0 Å². The first-order valence-electron chi connectivity index (χ1n) is 28.7. The first-order valence-corrected chi connectivity index (χ1v) is 30.2. The van der Waals surface area contributed by atoms with E-state index in [9.17, 15) is 14.3 Å². The highest BCUT2D eigenvalue weighted by molar-refractivity contribution is 7.47. The summed E-state index contributed by atoms with van der Waals surface area (Å²) in [4.78, 5) is 23.1. The zero-order valence-corrected chi connectivity index (χ0v) is 46.0. The number of phosphoric acid groups is 1. The number of nitrogens with zero attached hydrogens (tertiary/aromatic N) is 1. The Bertz CT molecular complexity index is 1170. The molecule has 0 aliphatic heterocycles. The Morgan fingerprint density at radius 3 is 1.25 bits per heavy atom. The molecule has 0 saturated heterocycles. The summed E-state index contributed by atoms with van der Waals surface area (Å²) < 4.78 is 35.3. The average molecular weight is 968 g/mol. The van der Waals surface area contributed by atoms with Crippen LogP contribution in [0.5, 0.6) is 0 Å². The molecule has 67 heavy (non-hydrogen) atoms. The molecule has 0 radical (unpaired) electrons. The molecule has 0 fully saturated rings. The molecule has 2 unspecified atom stereocenters. The van der Waals surface area contributed by atoms with Gasteiger partial charge in [0.1, 0.15) is 19.3 Å². The summed E-state index contributed by atoms with van der Waals surface area (Å²) in [6.45, 7) is 5.64. The summed E-state index contributed by atoms with van der Waals surface area (Å²) in [5.41, 5.74) is 0. The Hall–Kier alpha value is -1.28. The van der Waals surface area contributed by atoms with E-state index in [0.29, 0.717) is 24.1 Å². The number of carbonyl (C=O) groups is 1. The zero-order valence-electron chi connectivity index (χ0n) is 45.2. The van der Waals surface area contributed by atoms with Crippen LogP contribution in [0.3, 0.4) is 0 Å². The van der Waals surface area contributed by atoms with Crippen LogP contribution in [0.1, 0.15) is 271 Å². The lowest BCUT2D eigenvalue weighted by atomic mass is 10.0. The standard InChI is InChI=1S/C58H112NO7P/c1-6-8-10-12-14-16-18-20-22-24-26-27-28-29-30-31-32-34-36-38-40-42-44-46-48-50-53-63-55-57(56-65-67(61,62)64-54-52-59(3,4)5)66-58(60)51-49-47-45-43-41-39-37-35-33-25-23-21-19-17-15-13-11-9-7-2/h15,17,21,23-24,26,57H,6-14,16,18-20,22,25,27-56H2,1-5H3/p+1/b17-15-,23-21-,26-24-. The van der Waals surface area contributed by atoms with Gasteiger partial charge in [-0.15, -0.1) is 0 Å². The third-order valence-electron chi connectivity index (χ3n) is 12.7. The summed E-state index contributed by atoms with van der Waals surface area (Å²) in [7, 11) is 1.67. The predicted octanol–water partition coefficient (Wildman–Crippen LogP) is 18.1. The number of ether oxygens (including phenoxy) is 2. The normalized spacial score (nSPS) is 13.7. The van der Waals surface area contributed by atoms with Crippen LogP contribution in [0.25, 0.3) is 0 Å². The SMILES string of the molecule is CCCCC/C=C\C/C=C\CCCCCCCCCCCC(=O)OC(COCCCCCCCCCCCCCCCC/C=C\CCCCCCCCCC)COP(=O)(O)OCC[N+](C)(C)C. The highest BCUT2D eigenvalue weighted by Gasteiger charge is 2.26. The van der Waals surface area contributed by atoms with Crippen LogP contribution >= 0.6 is 7.82 Å². The van der Waals surface area contributed by atoms with E-state index in [1.807, 2.05) is 21.1 Å². The minimum absolute atomic E-state index is 0.0888. The van der Waals surface area contributed by atoms with E-state index in [1.54, 1.807) is 0 Å². The molecule has 0 spiro atoms. The van der Waals surface area contributed by atoms with Gasteiger partial charge < -0.3 is 18.9 Å². The highest BCUT2D eigenvalue weighted by Crippen LogP contribution is 2.43. The van der Waals surface area contributed by atoms with Crippen molar-refractivity contribution in [3.05, 3.63) is 36.5 Å². The molecule has 396 valence electrons. The molecule has 0 heterocycles. The molecule has 1 N–H and O–H groups in total. The molecule has 0 bridgehead atoms. The molecule has 9 heteroatoms. The first kappa shape index (κ1) is 65.7. The maximum absolute atomic E-state index is 12.8. The van der Waals surface area contributed by atoms with Crippen molar-refractivity contribution in [2.75, 3.05) is 54.1 Å². The van der Waals surface area contributed by atoms with Crippen LogP contribution in [-0.4, -0.2) is 75.6 Å². The molecule has 0 aliphatic carbocycles. The molecule has 0 amide bonds. The smallest absolute Gasteiger partial charge is 0.457 e. The molecule has 0 aliphatic rings. The lowest BCUT2D eigenvalue weighted by Crippen LogP contribution is -2.37. The van der Waals surface area contributed by atoms with E-state index in [1.165, 1.54) is 212 Å². The second kappa shape index (κ2) is 51.1. The number of quaternary nitrogens is 1. The van der Waals surface area contributed by atoms with E-state index < -0.39 is 13.9 Å². The quantitative estimate of drug-likeness (QED) is 0.0213. The van der Waals surface area contributed by atoms with Crippen LogP contribution < -0.4 is 0 Å². The fraction of sp³-hybridized carbons (Fsp3) is 0.879. The van der Waals surface area contributed by atoms with Gasteiger partial charge in [0.05, 0.1) is 34.4 Å². The van der Waals surface area contributed by atoms with Crippen molar-refractivity contribution in [1.29, 1.82) is 0 Å². The van der Waals surface area contributed by atoms with Crippen molar-refractivity contribution in [3.63, 3.8) is 0 Å². The van der Waals surface area contributed by atoms with Gasteiger partial charge >= 0.3 is 13.8 Å². The minimum Gasteiger partial charge on any atom is -0.457 e. The second-order valence-corrected chi connectivity index (χ2v) is 22.1. The molecule has 0 rings (SSSR count). The van der Waals surface area contributed by atoms with E-state index in [2.05, 4.69) is 50.3 Å². The number of rotatable bonds is 54. The van der Waals surface area contributed by atoms with E-state index in [4.69, 9.17) is 18.5 Å². The Balaban J connectivity index is 4.04. The fourth-order valence-corrected chi connectivity index (χ4v) is 8.97. The molecule has 2 atom stereocenters. The summed E-state index contributed by atoms with van der Waals surface area (Å²) in [5.74, 6) is -0.314. The number of unbranched alkanes of at least 4 members (excludes halogenated alkanes) is 34. The number of hydrogen-bond acceptors (Lipinski definition) is 6. The maximum Gasteiger partial charge on any atom is 0.472 e. The van der Waals surface area contributed by atoms with Crippen molar-refractivity contribution in [2.45, 2.75) is 277 Å². The minimum atomic E-state index is -4.28. The topological polar surface area (TPSA) is 91.3 Å². The number of carbonyl (C=O) groups excluding carboxylic acids is 1. The van der Waals surface area contributed by atoms with Crippen molar-refractivity contribution in [3.8, 4) is 0 Å². The van der Waals surface area contributed by atoms with Crippen LogP contribution in [0.15, 0.2) is 36.5 Å². The van der Waals surface area contributed by atoms with Crippen LogP contribution in [-0.2, 0) is 27.9 Å². The Kier molecular flexibility index (Phi) is 50.1. The summed E-state index contributed by atoms with van der Waals surface area (Å²) in [5, 5.41) is 0. The van der Waals surface area contributed by atoms with Crippen molar-refractivity contribution >= 4 is 13.8 Å². The molecular formula is C58H113NO7P+. The van der Waals surface area contributed by atoms with Gasteiger partial charge in [0, 0.05) is 13.0 Å². The molecule has 8 nitrogen and oxygen atoms in total. The average Bonchev–Trinajstić information content (AvgIpc) is 3.29. The molecule has 0 aromatic carbocycles. The molecule has 0 aromatic rings. The van der Waals surface area contributed by atoms with Crippen LogP contribution in [0.4, 0.5) is 0 Å². The Morgan fingerprint density at radius 1 is 0.463 bits per heavy atom. The summed E-state index contributed by atoms with van der Waals surface area (Å²) in [6, 6.07) is 0. The van der Waals surface area contributed by atoms with Gasteiger partial charge in [-0.2, -0.15) is 0 Å². The van der Waals surface area contributed by atoms with Gasteiger partial charge in [0.25, 0.3) is 0 Å². The van der Waals surface area contributed by atoms with Crippen molar-refractivity contribution in [1.82, 2.24) is 0 Å². The number of hydrogen-bond donors (Lipinski definition) is 1. The predicted molar refractivity (Wildman–Crippen MR) is 289 cm³/mol. The lowest BCUT2D eigenvalue weighted by Gasteiger charge is -2.24. The summed E-state index contributed by atoms with van der Waals surface area (Å²) in [6.07, 6.45) is 63.5. The van der Waals surface area contributed by atoms with Gasteiger partial charge in [-0.25, -0.2) is 4.57 Å². The molecular weight excluding hydrogens is 854 g/mol. The van der Waals surface area contributed by atoms with Crippen LogP contribution in [0.2, 0.25) is 0 Å². The largest absolute Gasteiger partial charge is 0.472 e. The fourth-order valence-electron chi connectivity index (χ4n) is 8.23. The van der Waals surface area contributed by atoms with E-state index in [0.717, 1.165) is 38.5 Å². The van der Waals surface area contributed by atoms with Crippen molar-refractivity contribution in [2.24, 2.45) is 0 Å². The van der Waals surface area contributed by atoms with E-state index >= 15 is 0 Å². The number of phosphoric ester groups is 1. The lowest BCUT2D eigenvalue weighted by molar-refractivity contribution is -0.870. The Morgan fingerprint density at radius 2 is 0.821 bits per heavy atom. The van der Waals surface area contributed by atoms with Gasteiger partial charge in [0.2, 0.25) is 0 Å². The zero-order chi connectivity index (χ0) is 49.0. The summed E-state index contributed by atoms with van der Waals surface area (Å²) >= 11 is 0. The molecule has 0 aromatic heterocycles. The van der Waals surface area contributed by atoms with Gasteiger partial charge in [-0.3, -0.25) is 13.8 Å². The molecule has 0 saturated carbocycles. The van der Waals surface area contributed by atoms with E-state index in [-0.39, 0.29) is 25.8 Å². The van der Waals surface area contributed by atoms with Gasteiger partial charge in [-0.05, 0) is 70.6 Å². The highest BCUT2D eigenvalue weighted by atomic mass is 31.2. The first-order chi connectivity index (χ1) is 32.6. The Labute approximate surface area is 416 Å². The second-order valence-electron chi connectivity index (χ2n) is 20.7. The third-order valence-corrected chi connectivity index (χ3v) is 13.7.